The van der Waals surface area contributed by atoms with E-state index in [1.807, 2.05) is 24.3 Å². The number of hydrogen-bond donors (Lipinski definition) is 1. The van der Waals surface area contributed by atoms with E-state index < -0.39 is 5.60 Å². The van der Waals surface area contributed by atoms with Gasteiger partial charge in [-0.3, -0.25) is 4.79 Å². The van der Waals surface area contributed by atoms with E-state index in [1.165, 1.54) is 25.7 Å². The van der Waals surface area contributed by atoms with E-state index in [4.69, 9.17) is 27.9 Å². The van der Waals surface area contributed by atoms with E-state index in [2.05, 4.69) is 54.4 Å². The van der Waals surface area contributed by atoms with E-state index in [0.29, 0.717) is 27.3 Å². The molecule has 0 aromatic heterocycles. The molecule has 42 heavy (non-hydrogen) atoms. The van der Waals surface area contributed by atoms with E-state index in [9.17, 15) is 10.1 Å². The maximum absolute atomic E-state index is 13.0. The standard InChI is InChI=1S/C35H39Cl2N3O2/c1-24-6-7-25(2)17-33(16-24)40-14-12-35(13-15-40,42-23-34(41)39-32-20-30(36)19-31(37)21-32)29-10-8-27(9-11-29)28-5-3-4-26(18-28)22-38/h3-5,8-11,18-21,24-25,33H,6-7,12-17,23H2,1-2H3,(H,39,41). The molecule has 1 saturated carbocycles. The Balaban J connectivity index is 1.34. The highest BCUT2D eigenvalue weighted by molar-refractivity contribution is 6.35. The van der Waals surface area contributed by atoms with Crippen LogP contribution in [0.15, 0.2) is 66.7 Å². The van der Waals surface area contributed by atoms with Gasteiger partial charge < -0.3 is 15.0 Å². The Kier molecular flexibility index (Phi) is 9.91. The minimum Gasteiger partial charge on any atom is -0.360 e. The van der Waals surface area contributed by atoms with Crippen LogP contribution < -0.4 is 5.32 Å². The van der Waals surface area contributed by atoms with Crippen LogP contribution in [0.5, 0.6) is 0 Å². The smallest absolute Gasteiger partial charge is 0.250 e. The third kappa shape index (κ3) is 7.54. The highest BCUT2D eigenvalue weighted by Crippen LogP contribution is 2.40. The average molecular weight is 605 g/mol. The van der Waals surface area contributed by atoms with Crippen LogP contribution in [0.25, 0.3) is 11.1 Å². The summed E-state index contributed by atoms with van der Waals surface area (Å²) in [6, 6.07) is 23.9. The monoisotopic (exact) mass is 603 g/mol. The van der Waals surface area contributed by atoms with Gasteiger partial charge in [-0.15, -0.1) is 0 Å². The molecule has 5 nitrogen and oxygen atoms in total. The molecule has 2 aliphatic rings. The maximum Gasteiger partial charge on any atom is 0.250 e. The van der Waals surface area contributed by atoms with Gasteiger partial charge in [0.1, 0.15) is 6.61 Å². The number of ether oxygens (including phenoxy) is 1. The summed E-state index contributed by atoms with van der Waals surface area (Å²) >= 11 is 12.3. The van der Waals surface area contributed by atoms with Crippen molar-refractivity contribution in [2.45, 2.75) is 64.0 Å². The first-order valence-corrected chi connectivity index (χ1v) is 15.7. The molecule has 2 atom stereocenters. The number of amides is 1. The fourth-order valence-corrected chi connectivity index (χ4v) is 7.18. The summed E-state index contributed by atoms with van der Waals surface area (Å²) in [6.07, 6.45) is 6.75. The number of carbonyl (C=O) groups excluding carboxylic acids is 1. The fourth-order valence-electron chi connectivity index (χ4n) is 6.66. The van der Waals surface area contributed by atoms with Crippen molar-refractivity contribution in [1.82, 2.24) is 4.90 Å². The van der Waals surface area contributed by atoms with E-state index in [0.717, 1.165) is 54.5 Å². The summed E-state index contributed by atoms with van der Waals surface area (Å²) in [5.41, 5.74) is 3.73. The zero-order valence-electron chi connectivity index (χ0n) is 24.4. The highest BCUT2D eigenvalue weighted by Gasteiger charge is 2.40. The fraction of sp³-hybridized carbons (Fsp3) is 0.429. The summed E-state index contributed by atoms with van der Waals surface area (Å²) in [4.78, 5) is 15.7. The van der Waals surface area contributed by atoms with Gasteiger partial charge in [0, 0.05) is 34.9 Å². The molecule has 3 aromatic rings. The number of carbonyl (C=O) groups is 1. The summed E-state index contributed by atoms with van der Waals surface area (Å²) < 4.78 is 6.59. The number of halogens is 2. The summed E-state index contributed by atoms with van der Waals surface area (Å²) in [6.45, 7) is 6.57. The maximum atomic E-state index is 13.0. The van der Waals surface area contributed by atoms with Gasteiger partial charge in [0.15, 0.2) is 0 Å². The van der Waals surface area contributed by atoms with Crippen molar-refractivity contribution in [1.29, 1.82) is 5.26 Å². The molecule has 1 N–H and O–H groups in total. The third-order valence-electron chi connectivity index (χ3n) is 8.99. The second-order valence-electron chi connectivity index (χ2n) is 12.2. The Morgan fingerprint density at radius 1 is 0.952 bits per heavy atom. The Morgan fingerprint density at radius 2 is 1.60 bits per heavy atom. The first kappa shape index (κ1) is 30.6. The molecule has 1 heterocycles. The molecule has 7 heteroatoms. The van der Waals surface area contributed by atoms with Gasteiger partial charge >= 0.3 is 0 Å². The van der Waals surface area contributed by atoms with Crippen molar-refractivity contribution < 1.29 is 9.53 Å². The largest absolute Gasteiger partial charge is 0.360 e. The van der Waals surface area contributed by atoms with Gasteiger partial charge in [-0.25, -0.2) is 0 Å². The molecule has 0 spiro atoms. The third-order valence-corrected chi connectivity index (χ3v) is 9.42. The van der Waals surface area contributed by atoms with Crippen LogP contribution in [0.2, 0.25) is 10.0 Å². The van der Waals surface area contributed by atoms with Crippen LogP contribution in [0, 0.1) is 23.2 Å². The summed E-state index contributed by atoms with van der Waals surface area (Å²) in [7, 11) is 0. The number of likely N-dealkylation sites (tertiary alicyclic amines) is 1. The number of nitrogens with one attached hydrogen (secondary N) is 1. The van der Waals surface area contributed by atoms with Crippen LogP contribution in [0.1, 0.15) is 63.5 Å². The molecule has 0 bridgehead atoms. The molecule has 1 saturated heterocycles. The van der Waals surface area contributed by atoms with Gasteiger partial charge in [-0.2, -0.15) is 5.26 Å². The lowest BCUT2D eigenvalue weighted by molar-refractivity contribution is -0.136. The summed E-state index contributed by atoms with van der Waals surface area (Å²) in [5, 5.41) is 13.1. The molecule has 0 radical (unpaired) electrons. The van der Waals surface area contributed by atoms with Gasteiger partial charge in [0.25, 0.3) is 0 Å². The van der Waals surface area contributed by atoms with Crippen molar-refractivity contribution >= 4 is 34.8 Å². The van der Waals surface area contributed by atoms with Crippen LogP contribution in [-0.2, 0) is 15.1 Å². The predicted molar refractivity (Wildman–Crippen MR) is 171 cm³/mol. The van der Waals surface area contributed by atoms with Crippen LogP contribution >= 0.6 is 23.2 Å². The Bertz CT molecular complexity index is 1390. The molecule has 2 unspecified atom stereocenters. The molecule has 5 rings (SSSR count). The number of nitriles is 1. The van der Waals surface area contributed by atoms with Crippen LogP contribution in [-0.4, -0.2) is 36.5 Å². The molecule has 2 fully saturated rings. The first-order valence-electron chi connectivity index (χ1n) is 15.0. The van der Waals surface area contributed by atoms with Crippen molar-refractivity contribution in [2.75, 3.05) is 25.0 Å². The lowest BCUT2D eigenvalue weighted by Gasteiger charge is -2.45. The number of anilines is 1. The first-order chi connectivity index (χ1) is 20.2. The van der Waals surface area contributed by atoms with Crippen molar-refractivity contribution in [2.24, 2.45) is 11.8 Å². The summed E-state index contributed by atoms with van der Waals surface area (Å²) in [5.74, 6) is 1.25. The molecule has 3 aromatic carbocycles. The SMILES string of the molecule is CC1CCC(C)CC(N2CCC(OCC(=O)Nc3cc(Cl)cc(Cl)c3)(c3ccc(-c4cccc(C#N)c4)cc3)CC2)C1. The van der Waals surface area contributed by atoms with Gasteiger partial charge in [-0.05, 0) is 84.5 Å². The number of hydrogen-bond acceptors (Lipinski definition) is 4. The lowest BCUT2D eigenvalue weighted by Crippen LogP contribution is -2.49. The Morgan fingerprint density at radius 3 is 2.21 bits per heavy atom. The zero-order chi connectivity index (χ0) is 29.7. The zero-order valence-corrected chi connectivity index (χ0v) is 25.9. The van der Waals surface area contributed by atoms with E-state index in [-0.39, 0.29) is 12.5 Å². The minimum atomic E-state index is -0.575. The Labute approximate surface area is 259 Å². The molecular weight excluding hydrogens is 565 g/mol. The number of piperidine rings is 1. The molecule has 1 aliphatic carbocycles. The normalized spacial score (nSPS) is 22.6. The van der Waals surface area contributed by atoms with Gasteiger partial charge in [0.05, 0.1) is 17.2 Å². The quantitative estimate of drug-likeness (QED) is 0.274. The Hall–Kier alpha value is -2.88. The topological polar surface area (TPSA) is 65.4 Å². The van der Waals surface area contributed by atoms with Crippen LogP contribution in [0.3, 0.4) is 0 Å². The predicted octanol–water partition coefficient (Wildman–Crippen LogP) is 8.69. The minimum absolute atomic E-state index is 0.0758. The van der Waals surface area contributed by atoms with Crippen molar-refractivity contribution in [3.05, 3.63) is 87.9 Å². The van der Waals surface area contributed by atoms with Crippen molar-refractivity contribution in [3.63, 3.8) is 0 Å². The second kappa shape index (κ2) is 13.6. The number of nitrogens with zero attached hydrogens (tertiary/aromatic N) is 2. The second-order valence-corrected chi connectivity index (χ2v) is 13.1. The van der Waals surface area contributed by atoms with Gasteiger partial charge in [-0.1, -0.05) is 86.3 Å². The average Bonchev–Trinajstić information content (AvgIpc) is 3.16. The number of benzene rings is 3. The van der Waals surface area contributed by atoms with Crippen molar-refractivity contribution in [3.8, 4) is 17.2 Å². The van der Waals surface area contributed by atoms with Crippen LogP contribution in [0.4, 0.5) is 5.69 Å². The van der Waals surface area contributed by atoms with E-state index in [1.54, 1.807) is 18.2 Å². The molecule has 1 amide bonds. The lowest BCUT2D eigenvalue weighted by atomic mass is 9.82. The highest BCUT2D eigenvalue weighted by atomic mass is 35.5. The number of rotatable bonds is 7. The molecule has 1 aliphatic heterocycles. The van der Waals surface area contributed by atoms with Gasteiger partial charge in [0.2, 0.25) is 5.91 Å². The molecule has 220 valence electrons. The van der Waals surface area contributed by atoms with E-state index >= 15 is 0 Å². The molecular formula is C35H39Cl2N3O2.